The van der Waals surface area contributed by atoms with Gasteiger partial charge in [0.15, 0.2) is 0 Å². The van der Waals surface area contributed by atoms with Crippen molar-refractivity contribution in [1.29, 1.82) is 0 Å². The zero-order chi connectivity index (χ0) is 47.1. The summed E-state index contributed by atoms with van der Waals surface area (Å²) in [7, 11) is -1.87. The molecule has 8 aromatic carbocycles. The third-order valence-corrected chi connectivity index (χ3v) is 19.0. The lowest BCUT2D eigenvalue weighted by molar-refractivity contribution is 0.101. The van der Waals surface area contributed by atoms with Gasteiger partial charge in [-0.1, -0.05) is 172 Å². The van der Waals surface area contributed by atoms with Gasteiger partial charge in [0.1, 0.15) is 0 Å². The first-order valence-electron chi connectivity index (χ1n) is 23.7. The number of hydrogen-bond donors (Lipinski definition) is 2. The van der Waals surface area contributed by atoms with E-state index in [4.69, 9.17) is 0 Å². The molecule has 0 spiro atoms. The molecule has 8 aromatic rings. The van der Waals surface area contributed by atoms with E-state index in [1.54, 1.807) is 0 Å². The number of amides is 2. The normalized spacial score (nSPS) is 16.2. The number of anilines is 2. The van der Waals surface area contributed by atoms with E-state index >= 15 is 0 Å². The number of carbonyl (C=O) groups is 2. The topological polar surface area (TPSA) is 58.2 Å². The van der Waals surface area contributed by atoms with Crippen molar-refractivity contribution in [3.05, 3.63) is 238 Å². The summed E-state index contributed by atoms with van der Waals surface area (Å²) in [6.45, 7) is 13.3. The summed E-state index contributed by atoms with van der Waals surface area (Å²) in [5.74, 6) is 0.277. The van der Waals surface area contributed by atoms with E-state index in [9.17, 15) is 9.59 Å². The average molecular weight is 923 g/mol. The van der Waals surface area contributed by atoms with Crippen molar-refractivity contribution < 1.29 is 9.59 Å². The molecule has 0 heterocycles. The van der Waals surface area contributed by atoms with Crippen molar-refractivity contribution in [3.63, 3.8) is 0 Å². The van der Waals surface area contributed by atoms with Crippen LogP contribution in [0, 0.1) is 39.5 Å². The maximum Gasteiger partial charge on any atom is 0.255 e. The number of rotatable bonds is 10. The van der Waals surface area contributed by atoms with Gasteiger partial charge in [0.05, 0.1) is 0 Å². The summed E-state index contributed by atoms with van der Waals surface area (Å²) >= 11 is 0. The zero-order valence-corrected chi connectivity index (χ0v) is 41.4. The summed E-state index contributed by atoms with van der Waals surface area (Å²) in [5, 5.41) is 14.0. The van der Waals surface area contributed by atoms with Crippen LogP contribution in [0.4, 0.5) is 11.4 Å². The number of hydrogen-bond acceptors (Lipinski definition) is 2. The lowest BCUT2D eigenvalue weighted by Crippen LogP contribution is -2.25. The van der Waals surface area contributed by atoms with Gasteiger partial charge in [-0.15, -0.1) is 0 Å². The van der Waals surface area contributed by atoms with Gasteiger partial charge in [-0.3, -0.25) is 9.59 Å². The molecule has 0 saturated carbocycles. The van der Waals surface area contributed by atoms with Crippen LogP contribution in [-0.2, 0) is 12.8 Å². The Morgan fingerprint density at radius 3 is 1.04 bits per heavy atom. The van der Waals surface area contributed by atoms with Crippen LogP contribution in [0.5, 0.6) is 0 Å². The van der Waals surface area contributed by atoms with Crippen LogP contribution in [0.2, 0.25) is 0 Å². The molecule has 0 aliphatic heterocycles. The van der Waals surface area contributed by atoms with Crippen LogP contribution < -0.4 is 42.5 Å². The summed E-state index contributed by atoms with van der Waals surface area (Å²) < 4.78 is 0. The molecular formula is C62H56N2O2P2. The quantitative estimate of drug-likeness (QED) is 0.134. The molecule has 68 heavy (non-hydrogen) atoms. The Balaban J connectivity index is 1.03. The van der Waals surface area contributed by atoms with E-state index in [1.165, 1.54) is 54.6 Å². The highest BCUT2D eigenvalue weighted by molar-refractivity contribution is 7.80. The summed E-state index contributed by atoms with van der Waals surface area (Å²) in [6.07, 6.45) is 1.82. The second kappa shape index (κ2) is 19.1. The average Bonchev–Trinajstić information content (AvgIpc) is 3.90. The largest absolute Gasteiger partial charge is 0.321 e. The van der Waals surface area contributed by atoms with Gasteiger partial charge < -0.3 is 10.6 Å². The maximum absolute atomic E-state index is 14.8. The molecule has 2 aliphatic carbocycles. The van der Waals surface area contributed by atoms with E-state index in [2.05, 4.69) is 210 Å². The van der Waals surface area contributed by atoms with Crippen molar-refractivity contribution in [1.82, 2.24) is 0 Å². The molecule has 0 unspecified atom stereocenters. The number of benzene rings is 8. The molecular weight excluding hydrogens is 867 g/mol. The van der Waals surface area contributed by atoms with Crippen LogP contribution in [0.1, 0.15) is 79.1 Å². The molecule has 4 nitrogen and oxygen atoms in total. The van der Waals surface area contributed by atoms with Crippen LogP contribution >= 0.6 is 15.8 Å². The molecule has 6 heteroatoms. The van der Waals surface area contributed by atoms with E-state index in [0.717, 1.165) is 57.1 Å². The molecule has 0 bridgehead atoms. The van der Waals surface area contributed by atoms with E-state index in [-0.39, 0.29) is 23.7 Å². The summed E-state index contributed by atoms with van der Waals surface area (Å²) in [4.78, 5) is 29.7. The van der Waals surface area contributed by atoms with Crippen molar-refractivity contribution in [2.45, 2.75) is 54.4 Å². The number of fused-ring (bicyclic) bond motifs is 2. The van der Waals surface area contributed by atoms with Crippen molar-refractivity contribution in [2.24, 2.45) is 11.8 Å². The lowest BCUT2D eigenvalue weighted by Gasteiger charge is -2.24. The van der Waals surface area contributed by atoms with Crippen LogP contribution in [-0.4, -0.2) is 11.8 Å². The Morgan fingerprint density at radius 1 is 0.426 bits per heavy atom. The van der Waals surface area contributed by atoms with Crippen molar-refractivity contribution >= 4 is 82.0 Å². The fraction of sp³-hybridized carbons (Fsp3) is 0.161. The predicted molar refractivity (Wildman–Crippen MR) is 291 cm³/mol. The molecule has 2 aliphatic rings. The summed E-state index contributed by atoms with van der Waals surface area (Å²) in [6, 6.07) is 63.3. The molecule has 0 fully saturated rings. The number of para-hydroxylation sites is 2. The molecule has 10 rings (SSSR count). The van der Waals surface area contributed by atoms with Crippen molar-refractivity contribution in [2.75, 3.05) is 10.6 Å². The second-order valence-electron chi connectivity index (χ2n) is 18.4. The minimum Gasteiger partial charge on any atom is -0.321 e. The predicted octanol–water partition coefficient (Wildman–Crippen LogP) is 12.2. The smallest absolute Gasteiger partial charge is 0.255 e. The highest BCUT2D eigenvalue weighted by atomic mass is 31.1. The van der Waals surface area contributed by atoms with Gasteiger partial charge in [-0.05, 0) is 169 Å². The maximum atomic E-state index is 14.8. The Labute approximate surface area is 404 Å². The number of carbonyl (C=O) groups excluding carboxylic acids is 2. The SMILES string of the molecule is Cc1cc(C(=O)Nc2ccccc2P(c2ccccc2)c2ccccc2)c(C)c2c1C[C@@H](C)/C2=C1\c2c(C)c(C(=O)Nc3ccccc3P(c3ccccc3)c3ccccc3)cc(C)c2C[C@H]1C. The molecule has 0 saturated heterocycles. The minimum absolute atomic E-state index is 0.102. The van der Waals surface area contributed by atoms with E-state index in [0.29, 0.717) is 11.1 Å². The van der Waals surface area contributed by atoms with Crippen LogP contribution in [0.15, 0.2) is 182 Å². The minimum atomic E-state index is -0.936. The highest BCUT2D eigenvalue weighted by Crippen LogP contribution is 2.52. The Morgan fingerprint density at radius 2 is 0.721 bits per heavy atom. The standard InChI is InChI=1S/C62H56N2O2P2/c1-39-35-51(61(65)63-53-31-19-21-33-55(53)67(45-23-11-7-12-24-45)46-25-13-8-14-26-46)43(5)59-49(39)37-41(3)57(59)58-42(4)38-50-40(2)36-52(44(6)60(50)58)62(66)64-54-32-20-22-34-56(54)68(47-27-15-9-16-28-47)48-29-17-10-18-30-48/h7-36,41-42H,37-38H2,1-6H3,(H,63,65)(H,64,66)/b58-57+/t41-,42-/m1/s1. The van der Waals surface area contributed by atoms with Gasteiger partial charge in [-0.25, -0.2) is 0 Å². The first-order valence-corrected chi connectivity index (χ1v) is 26.4. The molecule has 0 aromatic heterocycles. The van der Waals surface area contributed by atoms with Gasteiger partial charge in [0.25, 0.3) is 11.8 Å². The van der Waals surface area contributed by atoms with Gasteiger partial charge >= 0.3 is 0 Å². The number of aryl methyl sites for hydroxylation is 2. The number of allylic oxidation sites excluding steroid dienone is 2. The first kappa shape index (κ1) is 45.1. The second-order valence-corrected chi connectivity index (χ2v) is 22.8. The van der Waals surface area contributed by atoms with Crippen LogP contribution in [0.3, 0.4) is 0 Å². The Kier molecular flexibility index (Phi) is 12.7. The van der Waals surface area contributed by atoms with Gasteiger partial charge in [-0.2, -0.15) is 0 Å². The first-order chi connectivity index (χ1) is 33.1. The Hall–Kier alpha value is -6.70. The molecule has 0 radical (unpaired) electrons. The highest BCUT2D eigenvalue weighted by Gasteiger charge is 2.38. The van der Waals surface area contributed by atoms with Crippen LogP contribution in [0.25, 0.3) is 11.1 Å². The molecule has 2 amide bonds. The fourth-order valence-corrected chi connectivity index (χ4v) is 15.7. The van der Waals surface area contributed by atoms with Gasteiger partial charge in [0.2, 0.25) is 0 Å². The van der Waals surface area contributed by atoms with E-state index < -0.39 is 15.8 Å². The fourth-order valence-electron chi connectivity index (χ4n) is 10.9. The van der Waals surface area contributed by atoms with Crippen molar-refractivity contribution in [3.8, 4) is 0 Å². The van der Waals surface area contributed by atoms with E-state index in [1.807, 2.05) is 24.3 Å². The third kappa shape index (κ3) is 8.36. The monoisotopic (exact) mass is 922 g/mol. The zero-order valence-electron chi connectivity index (χ0n) is 39.6. The third-order valence-electron chi connectivity index (χ3n) is 14.0. The number of nitrogens with one attached hydrogen (secondary N) is 2. The summed E-state index contributed by atoms with van der Waals surface area (Å²) in [5.41, 5.74) is 15.0. The molecule has 2 N–H and O–H groups in total. The Bertz CT molecular complexity index is 2940. The van der Waals surface area contributed by atoms with Gasteiger partial charge in [0, 0.05) is 33.1 Å². The molecule has 2 atom stereocenters. The molecule has 336 valence electrons. The lowest BCUT2D eigenvalue weighted by atomic mass is 9.83.